The first-order valence-corrected chi connectivity index (χ1v) is 10.2. The molecule has 0 amide bonds. The third-order valence-corrected chi connectivity index (χ3v) is 6.53. The topological polar surface area (TPSA) is 32.6 Å². The summed E-state index contributed by atoms with van der Waals surface area (Å²) in [6, 6.07) is 30.5. The standard InChI is InChI=1S/C24H23NOS/c1-18-23(19-11-5-2-6-12-19)27-22(25-18)17-24(26,20-13-7-3-8-14-20)21-15-9-4-10-16-21/h2-16,18,23,26H,17H2,1H3/t18-,23-/m1/s1. The molecule has 1 aliphatic heterocycles. The van der Waals surface area contributed by atoms with Crippen molar-refractivity contribution in [2.75, 3.05) is 0 Å². The fraction of sp³-hybridized carbons (Fsp3) is 0.208. The number of benzene rings is 3. The van der Waals surface area contributed by atoms with Crippen LogP contribution in [0.2, 0.25) is 0 Å². The zero-order valence-corrected chi connectivity index (χ0v) is 16.1. The molecule has 0 saturated heterocycles. The molecule has 0 radical (unpaired) electrons. The molecule has 0 aromatic heterocycles. The van der Waals surface area contributed by atoms with Crippen molar-refractivity contribution < 1.29 is 5.11 Å². The van der Waals surface area contributed by atoms with Gasteiger partial charge in [0, 0.05) is 6.42 Å². The Morgan fingerprint density at radius 3 is 1.81 bits per heavy atom. The molecule has 0 spiro atoms. The maximum Gasteiger partial charge on any atom is 0.121 e. The van der Waals surface area contributed by atoms with Gasteiger partial charge in [0.2, 0.25) is 0 Å². The van der Waals surface area contributed by atoms with Crippen molar-refractivity contribution in [2.45, 2.75) is 30.2 Å². The minimum Gasteiger partial charge on any atom is -0.380 e. The van der Waals surface area contributed by atoms with Gasteiger partial charge < -0.3 is 5.11 Å². The Morgan fingerprint density at radius 2 is 1.30 bits per heavy atom. The van der Waals surface area contributed by atoms with E-state index >= 15 is 0 Å². The van der Waals surface area contributed by atoms with Crippen LogP contribution in [0.15, 0.2) is 96.0 Å². The second kappa shape index (κ2) is 7.71. The van der Waals surface area contributed by atoms with E-state index in [0.717, 1.165) is 16.2 Å². The summed E-state index contributed by atoms with van der Waals surface area (Å²) in [6.07, 6.45) is 0.485. The zero-order chi connectivity index (χ0) is 18.7. The first kappa shape index (κ1) is 18.0. The smallest absolute Gasteiger partial charge is 0.121 e. The molecule has 2 atom stereocenters. The van der Waals surface area contributed by atoms with Crippen LogP contribution in [0.3, 0.4) is 0 Å². The highest BCUT2D eigenvalue weighted by molar-refractivity contribution is 8.14. The predicted molar refractivity (Wildman–Crippen MR) is 114 cm³/mol. The van der Waals surface area contributed by atoms with E-state index in [-0.39, 0.29) is 6.04 Å². The van der Waals surface area contributed by atoms with Crippen LogP contribution in [-0.4, -0.2) is 16.2 Å². The quantitative estimate of drug-likeness (QED) is 0.632. The molecule has 1 aliphatic rings. The van der Waals surface area contributed by atoms with Gasteiger partial charge in [0.1, 0.15) is 5.60 Å². The van der Waals surface area contributed by atoms with Crippen LogP contribution in [0, 0.1) is 0 Å². The second-order valence-electron chi connectivity index (χ2n) is 6.98. The van der Waals surface area contributed by atoms with Crippen molar-refractivity contribution in [3.8, 4) is 0 Å². The molecule has 3 aromatic carbocycles. The first-order chi connectivity index (χ1) is 13.2. The lowest BCUT2D eigenvalue weighted by Gasteiger charge is -2.29. The van der Waals surface area contributed by atoms with E-state index in [4.69, 9.17) is 4.99 Å². The van der Waals surface area contributed by atoms with Crippen LogP contribution in [0.25, 0.3) is 0 Å². The van der Waals surface area contributed by atoms with Gasteiger partial charge in [0.15, 0.2) is 0 Å². The van der Waals surface area contributed by atoms with Gasteiger partial charge in [-0.2, -0.15) is 0 Å². The number of hydrogen-bond donors (Lipinski definition) is 1. The number of aliphatic hydroxyl groups is 1. The lowest BCUT2D eigenvalue weighted by atomic mass is 9.84. The third-order valence-electron chi connectivity index (χ3n) is 5.09. The highest BCUT2D eigenvalue weighted by Gasteiger charge is 2.37. The van der Waals surface area contributed by atoms with Gasteiger partial charge in [0.25, 0.3) is 0 Å². The van der Waals surface area contributed by atoms with Crippen LogP contribution in [0.4, 0.5) is 0 Å². The van der Waals surface area contributed by atoms with Gasteiger partial charge in [-0.3, -0.25) is 4.99 Å². The second-order valence-corrected chi connectivity index (χ2v) is 8.20. The molecule has 0 saturated carbocycles. The number of nitrogens with zero attached hydrogens (tertiary/aromatic N) is 1. The molecule has 0 fully saturated rings. The Morgan fingerprint density at radius 1 is 0.815 bits per heavy atom. The van der Waals surface area contributed by atoms with E-state index in [9.17, 15) is 5.11 Å². The SMILES string of the molecule is C[C@H]1N=C(CC(O)(c2ccccc2)c2ccccc2)S[C@H]1c1ccccc1. The molecule has 1 heterocycles. The number of hydrogen-bond acceptors (Lipinski definition) is 3. The van der Waals surface area contributed by atoms with E-state index in [1.807, 2.05) is 66.7 Å². The Bertz CT molecular complexity index is 869. The van der Waals surface area contributed by atoms with Crippen LogP contribution in [0.5, 0.6) is 0 Å². The van der Waals surface area contributed by atoms with Crippen LogP contribution < -0.4 is 0 Å². The summed E-state index contributed by atoms with van der Waals surface area (Å²) in [7, 11) is 0. The van der Waals surface area contributed by atoms with E-state index in [1.165, 1.54) is 5.56 Å². The van der Waals surface area contributed by atoms with Gasteiger partial charge in [-0.25, -0.2) is 0 Å². The Kier molecular flexibility index (Phi) is 5.15. The number of aliphatic imine (C=N–C) groups is 1. The molecule has 4 rings (SSSR count). The Balaban J connectivity index is 1.65. The van der Waals surface area contributed by atoms with Crippen molar-refractivity contribution in [1.29, 1.82) is 0 Å². The molecular formula is C24H23NOS. The number of rotatable bonds is 5. The molecular weight excluding hydrogens is 350 g/mol. The van der Waals surface area contributed by atoms with Crippen molar-refractivity contribution in [2.24, 2.45) is 4.99 Å². The maximum absolute atomic E-state index is 11.8. The average Bonchev–Trinajstić information content (AvgIpc) is 3.09. The molecule has 3 aromatic rings. The first-order valence-electron chi connectivity index (χ1n) is 9.28. The van der Waals surface area contributed by atoms with Crippen LogP contribution in [0.1, 0.15) is 35.3 Å². The summed E-state index contributed by atoms with van der Waals surface area (Å²) in [5.74, 6) is 0. The lowest BCUT2D eigenvalue weighted by Crippen LogP contribution is -2.29. The molecule has 2 nitrogen and oxygen atoms in total. The summed E-state index contributed by atoms with van der Waals surface area (Å²) >= 11 is 1.78. The van der Waals surface area contributed by atoms with Gasteiger partial charge in [-0.05, 0) is 23.6 Å². The molecule has 1 N–H and O–H groups in total. The van der Waals surface area contributed by atoms with Gasteiger partial charge in [0.05, 0.1) is 16.3 Å². The molecule has 136 valence electrons. The van der Waals surface area contributed by atoms with E-state index < -0.39 is 5.60 Å². The number of thioether (sulfide) groups is 1. The van der Waals surface area contributed by atoms with Gasteiger partial charge in [-0.15, -0.1) is 11.8 Å². The molecule has 3 heteroatoms. The van der Waals surface area contributed by atoms with Crippen LogP contribution >= 0.6 is 11.8 Å². The fourth-order valence-corrected chi connectivity index (χ4v) is 5.03. The molecule has 0 unspecified atom stereocenters. The average molecular weight is 374 g/mol. The van der Waals surface area contributed by atoms with Gasteiger partial charge >= 0.3 is 0 Å². The highest BCUT2D eigenvalue weighted by Crippen LogP contribution is 2.44. The van der Waals surface area contributed by atoms with Gasteiger partial charge in [-0.1, -0.05) is 91.0 Å². The lowest BCUT2D eigenvalue weighted by molar-refractivity contribution is 0.0896. The largest absolute Gasteiger partial charge is 0.380 e. The van der Waals surface area contributed by atoms with Crippen molar-refractivity contribution in [1.82, 2.24) is 0 Å². The minimum absolute atomic E-state index is 0.197. The van der Waals surface area contributed by atoms with E-state index in [2.05, 4.69) is 31.2 Å². The normalized spacial score (nSPS) is 19.7. The van der Waals surface area contributed by atoms with Crippen molar-refractivity contribution in [3.05, 3.63) is 108 Å². The molecule has 0 aliphatic carbocycles. The molecule has 0 bridgehead atoms. The van der Waals surface area contributed by atoms with E-state index in [0.29, 0.717) is 11.7 Å². The fourth-order valence-electron chi connectivity index (χ4n) is 3.66. The third kappa shape index (κ3) is 3.71. The van der Waals surface area contributed by atoms with Crippen molar-refractivity contribution >= 4 is 16.8 Å². The van der Waals surface area contributed by atoms with Crippen molar-refractivity contribution in [3.63, 3.8) is 0 Å². The summed E-state index contributed by atoms with van der Waals surface area (Å²) in [4.78, 5) is 4.90. The highest BCUT2D eigenvalue weighted by atomic mass is 32.2. The zero-order valence-electron chi connectivity index (χ0n) is 15.3. The predicted octanol–water partition coefficient (Wildman–Crippen LogP) is 5.59. The summed E-state index contributed by atoms with van der Waals surface area (Å²) in [5.41, 5.74) is 2.00. The maximum atomic E-state index is 11.8. The monoisotopic (exact) mass is 373 g/mol. The Hall–Kier alpha value is -2.36. The molecule has 27 heavy (non-hydrogen) atoms. The van der Waals surface area contributed by atoms with E-state index in [1.54, 1.807) is 11.8 Å². The van der Waals surface area contributed by atoms with Crippen LogP contribution in [-0.2, 0) is 5.60 Å². The summed E-state index contributed by atoms with van der Waals surface area (Å²) < 4.78 is 0. The minimum atomic E-state index is -1.08. The summed E-state index contributed by atoms with van der Waals surface area (Å²) in [6.45, 7) is 2.15. The summed E-state index contributed by atoms with van der Waals surface area (Å²) in [5, 5.41) is 13.1. The Labute approximate surface area is 165 Å².